The van der Waals surface area contributed by atoms with Gasteiger partial charge in [0.15, 0.2) is 0 Å². The first-order valence-electron chi connectivity index (χ1n) is 9.92. The number of carbonyl (C=O) groups excluding carboxylic acids is 2. The lowest BCUT2D eigenvalue weighted by Crippen LogP contribution is -2.56. The lowest BCUT2D eigenvalue weighted by Gasteiger charge is -2.37. The quantitative estimate of drug-likeness (QED) is 0.204. The van der Waals surface area contributed by atoms with Gasteiger partial charge in [-0.15, -0.1) is 0 Å². The number of benzene rings is 1. The summed E-state index contributed by atoms with van der Waals surface area (Å²) in [6.45, 7) is 2.54. The molecule has 0 aliphatic carbocycles. The molecule has 1 aromatic carbocycles. The number of nitrogens with one attached hydrogen (secondary N) is 2. The molecule has 3 rings (SSSR count). The molecule has 12 heteroatoms. The van der Waals surface area contributed by atoms with Gasteiger partial charge < -0.3 is 14.5 Å². The van der Waals surface area contributed by atoms with Gasteiger partial charge in [0.05, 0.1) is 11.0 Å². The molecule has 0 spiro atoms. The molecule has 2 aliphatic heterocycles. The number of guanidine groups is 1. The second-order valence-electron chi connectivity index (χ2n) is 7.63. The summed E-state index contributed by atoms with van der Waals surface area (Å²) in [6.07, 6.45) is -0.0503. The second-order valence-corrected chi connectivity index (χ2v) is 8.36. The number of carbonyl (C=O) groups is 2. The van der Waals surface area contributed by atoms with Gasteiger partial charge in [0, 0.05) is 50.1 Å². The van der Waals surface area contributed by atoms with Crippen LogP contribution in [-0.4, -0.2) is 88.6 Å². The number of nitro benzene ring substituents is 1. The molecule has 1 aromatic rings. The Kier molecular flexibility index (Phi) is 7.33. The van der Waals surface area contributed by atoms with E-state index in [4.69, 9.17) is 10.1 Å². The Bertz CT molecular complexity index is 843. The second kappa shape index (κ2) is 9.96. The van der Waals surface area contributed by atoms with Gasteiger partial charge in [0.25, 0.3) is 5.69 Å². The monoisotopic (exact) mass is 450 g/mol. The largest absolute Gasteiger partial charge is 0.444 e. The molecular weight excluding hydrogens is 424 g/mol. The van der Waals surface area contributed by atoms with Crippen molar-refractivity contribution >= 4 is 36.3 Å². The molecule has 168 valence electrons. The number of non-ortho nitro benzene ring substituents is 1. The predicted octanol–water partition coefficient (Wildman–Crippen LogP) is 0.902. The number of alkyl carbamates (subject to hydrolysis) is 1. The summed E-state index contributed by atoms with van der Waals surface area (Å²) in [4.78, 5) is 40.4. The van der Waals surface area contributed by atoms with Crippen molar-refractivity contribution in [2.24, 2.45) is 0 Å². The summed E-state index contributed by atoms with van der Waals surface area (Å²) < 4.78 is 5.07. The van der Waals surface area contributed by atoms with Gasteiger partial charge in [0.2, 0.25) is 11.9 Å². The van der Waals surface area contributed by atoms with Gasteiger partial charge in [-0.1, -0.05) is 0 Å². The fourth-order valence-corrected chi connectivity index (χ4v) is 4.15. The van der Waals surface area contributed by atoms with Crippen LogP contribution < -0.4 is 5.32 Å². The fraction of sp³-hybridized carbons (Fsp3) is 0.526. The molecule has 0 unspecified atom stereocenters. The fourth-order valence-electron chi connectivity index (χ4n) is 3.70. The topological polar surface area (TPSA) is 132 Å². The molecule has 2 N–H and O–H groups in total. The Balaban J connectivity index is 1.40. The zero-order chi connectivity index (χ0) is 22.5. The van der Waals surface area contributed by atoms with E-state index < -0.39 is 11.0 Å². The molecule has 2 atom stereocenters. The van der Waals surface area contributed by atoms with Crippen LogP contribution in [0.3, 0.4) is 0 Å². The Hall–Kier alpha value is -2.86. The van der Waals surface area contributed by atoms with E-state index in [0.29, 0.717) is 31.7 Å². The lowest BCUT2D eigenvalue weighted by atomic mass is 10.1. The maximum absolute atomic E-state index is 12.7. The van der Waals surface area contributed by atoms with Crippen molar-refractivity contribution in [3.05, 3.63) is 39.9 Å². The Morgan fingerprint density at radius 2 is 1.84 bits per heavy atom. The van der Waals surface area contributed by atoms with Crippen molar-refractivity contribution in [1.82, 2.24) is 20.0 Å². The third-order valence-corrected chi connectivity index (χ3v) is 5.83. The summed E-state index contributed by atoms with van der Waals surface area (Å²) >= 11 is 4.47. The van der Waals surface area contributed by atoms with Crippen LogP contribution >= 0.6 is 12.6 Å². The number of piperazine rings is 1. The molecule has 31 heavy (non-hydrogen) atoms. The van der Waals surface area contributed by atoms with Crippen molar-refractivity contribution < 1.29 is 19.2 Å². The molecule has 0 saturated carbocycles. The van der Waals surface area contributed by atoms with Crippen LogP contribution in [0.2, 0.25) is 0 Å². The zero-order valence-electron chi connectivity index (χ0n) is 17.2. The van der Waals surface area contributed by atoms with E-state index in [1.54, 1.807) is 9.80 Å². The number of ether oxygens (including phenoxy) is 1. The summed E-state index contributed by atoms with van der Waals surface area (Å²) in [5.41, 5.74) is 0.553. The molecule has 11 nitrogen and oxygen atoms in total. The summed E-state index contributed by atoms with van der Waals surface area (Å²) in [7, 11) is 1.93. The molecule has 2 amide bonds. The summed E-state index contributed by atoms with van der Waals surface area (Å²) in [5.74, 6) is -0.00472. The molecule has 0 radical (unpaired) electrons. The van der Waals surface area contributed by atoms with E-state index in [1.807, 2.05) is 11.9 Å². The highest BCUT2D eigenvalue weighted by molar-refractivity contribution is 7.81. The SMILES string of the molecule is CN1C[C@@H](S)C[C@H]1C(=O)N1CCN(C(=N)NC(=O)OCc2ccc([N+](=O)[O-])cc2)CC1. The third-order valence-electron chi connectivity index (χ3n) is 5.46. The highest BCUT2D eigenvalue weighted by atomic mass is 32.1. The van der Waals surface area contributed by atoms with E-state index >= 15 is 0 Å². The van der Waals surface area contributed by atoms with Gasteiger partial charge >= 0.3 is 6.09 Å². The van der Waals surface area contributed by atoms with Gasteiger partial charge in [-0.2, -0.15) is 12.6 Å². The number of hydrogen-bond donors (Lipinski definition) is 3. The molecule has 2 aliphatic rings. The molecule has 0 aromatic heterocycles. The van der Waals surface area contributed by atoms with E-state index in [2.05, 4.69) is 17.9 Å². The molecule has 2 fully saturated rings. The highest BCUT2D eigenvalue weighted by Crippen LogP contribution is 2.22. The Morgan fingerprint density at radius 3 is 2.39 bits per heavy atom. The van der Waals surface area contributed by atoms with E-state index in [9.17, 15) is 19.7 Å². The average Bonchev–Trinajstić information content (AvgIpc) is 3.10. The Labute approximate surface area is 185 Å². The smallest absolute Gasteiger partial charge is 0.414 e. The van der Waals surface area contributed by atoms with Crippen LogP contribution in [0.25, 0.3) is 0 Å². The summed E-state index contributed by atoms with van der Waals surface area (Å²) in [6, 6.07) is 5.52. The maximum atomic E-state index is 12.7. The van der Waals surface area contributed by atoms with Crippen LogP contribution in [-0.2, 0) is 16.1 Å². The average molecular weight is 451 g/mol. The Morgan fingerprint density at radius 1 is 1.23 bits per heavy atom. The number of likely N-dealkylation sites (N-methyl/N-ethyl adjacent to an activating group) is 1. The van der Waals surface area contributed by atoms with Gasteiger partial charge in [-0.25, -0.2) is 4.79 Å². The van der Waals surface area contributed by atoms with Crippen molar-refractivity contribution in [3.8, 4) is 0 Å². The normalized spacial score (nSPS) is 21.6. The standard InChI is InChI=1S/C19H26N6O5S/c1-22-11-15(31)10-16(22)17(26)23-6-8-24(9-7-23)18(20)21-19(27)30-12-13-2-4-14(5-3-13)25(28)29/h2-5,15-16,31H,6-12H2,1H3,(H2,20,21,27)/t15-,16-/m0/s1. The minimum absolute atomic E-state index is 0.0439. The number of nitro groups is 1. The van der Waals surface area contributed by atoms with Gasteiger partial charge in [0.1, 0.15) is 6.61 Å². The van der Waals surface area contributed by atoms with Gasteiger partial charge in [-0.3, -0.25) is 30.5 Å². The lowest BCUT2D eigenvalue weighted by molar-refractivity contribution is -0.384. The van der Waals surface area contributed by atoms with Crippen molar-refractivity contribution in [2.45, 2.75) is 24.3 Å². The van der Waals surface area contributed by atoms with E-state index in [0.717, 1.165) is 13.0 Å². The predicted molar refractivity (Wildman–Crippen MR) is 116 cm³/mol. The number of thiol groups is 1. The molecular formula is C19H26N6O5S. The minimum atomic E-state index is -0.783. The number of hydrogen-bond acceptors (Lipinski definition) is 8. The van der Waals surface area contributed by atoms with E-state index in [1.165, 1.54) is 24.3 Å². The number of likely N-dealkylation sites (tertiary alicyclic amines) is 1. The highest BCUT2D eigenvalue weighted by Gasteiger charge is 2.36. The van der Waals surface area contributed by atoms with Crippen LogP contribution in [0.15, 0.2) is 24.3 Å². The molecule has 0 bridgehead atoms. The zero-order valence-corrected chi connectivity index (χ0v) is 18.1. The van der Waals surface area contributed by atoms with Gasteiger partial charge in [-0.05, 0) is 31.2 Å². The van der Waals surface area contributed by atoms with Crippen molar-refractivity contribution in [3.63, 3.8) is 0 Å². The number of amides is 2. The molecule has 2 heterocycles. The van der Waals surface area contributed by atoms with E-state index in [-0.39, 0.29) is 35.5 Å². The van der Waals surface area contributed by atoms with Crippen LogP contribution in [0.1, 0.15) is 12.0 Å². The number of nitrogens with zero attached hydrogens (tertiary/aromatic N) is 4. The third kappa shape index (κ3) is 5.85. The van der Waals surface area contributed by atoms with Crippen LogP contribution in [0.5, 0.6) is 0 Å². The minimum Gasteiger partial charge on any atom is -0.444 e. The summed E-state index contributed by atoms with van der Waals surface area (Å²) in [5, 5.41) is 21.3. The van der Waals surface area contributed by atoms with Crippen LogP contribution in [0.4, 0.5) is 10.5 Å². The first-order chi connectivity index (χ1) is 14.7. The van der Waals surface area contributed by atoms with Crippen molar-refractivity contribution in [2.75, 3.05) is 39.8 Å². The van der Waals surface area contributed by atoms with Crippen LogP contribution in [0, 0.1) is 15.5 Å². The first kappa shape index (κ1) is 22.8. The maximum Gasteiger partial charge on any atom is 0.414 e. The molecule has 2 saturated heterocycles. The number of rotatable bonds is 4. The first-order valence-corrected chi connectivity index (χ1v) is 10.4. The van der Waals surface area contributed by atoms with Crippen molar-refractivity contribution in [1.29, 1.82) is 5.41 Å².